The van der Waals surface area contributed by atoms with Gasteiger partial charge >= 0.3 is 5.69 Å². The van der Waals surface area contributed by atoms with E-state index in [0.29, 0.717) is 22.6 Å². The lowest BCUT2D eigenvalue weighted by molar-refractivity contribution is -0.386. The van der Waals surface area contributed by atoms with E-state index < -0.39 is 10.7 Å². The third-order valence-electron chi connectivity index (χ3n) is 3.61. The molecule has 0 spiro atoms. The molecule has 0 aliphatic heterocycles. The molecule has 0 aliphatic carbocycles. The van der Waals surface area contributed by atoms with Crippen molar-refractivity contribution in [1.29, 1.82) is 0 Å². The van der Waals surface area contributed by atoms with Crippen LogP contribution in [0, 0.1) is 28.7 Å². The van der Waals surface area contributed by atoms with Crippen molar-refractivity contribution >= 4 is 5.69 Å². The first-order chi connectivity index (χ1) is 12.0. The average Bonchev–Trinajstić information content (AvgIpc) is 2.94. The Balaban J connectivity index is 1.82. The minimum absolute atomic E-state index is 0.138. The van der Waals surface area contributed by atoms with Gasteiger partial charge in [-0.3, -0.25) is 10.1 Å². The second kappa shape index (κ2) is 6.68. The number of hydrogen-bond donors (Lipinski definition) is 0. The Morgan fingerprint density at radius 3 is 2.52 bits per heavy atom. The summed E-state index contributed by atoms with van der Waals surface area (Å²) in [6.07, 6.45) is 0. The van der Waals surface area contributed by atoms with Crippen molar-refractivity contribution in [2.45, 2.75) is 13.5 Å². The third-order valence-corrected chi connectivity index (χ3v) is 3.61. The molecule has 0 bridgehead atoms. The van der Waals surface area contributed by atoms with Crippen LogP contribution in [0.5, 0.6) is 5.75 Å². The van der Waals surface area contributed by atoms with Gasteiger partial charge in [-0.15, -0.1) is 0 Å². The lowest BCUT2D eigenvalue weighted by Crippen LogP contribution is -2.01. The highest BCUT2D eigenvalue weighted by molar-refractivity contribution is 5.61. The summed E-state index contributed by atoms with van der Waals surface area (Å²) in [7, 11) is 0. The van der Waals surface area contributed by atoms with Crippen molar-refractivity contribution in [2.24, 2.45) is 0 Å². The van der Waals surface area contributed by atoms with Gasteiger partial charge in [-0.1, -0.05) is 5.16 Å². The quantitative estimate of drug-likeness (QED) is 0.505. The Kier molecular flexibility index (Phi) is 4.42. The van der Waals surface area contributed by atoms with Crippen LogP contribution in [0.2, 0.25) is 0 Å². The van der Waals surface area contributed by atoms with Gasteiger partial charge in [0, 0.05) is 23.3 Å². The minimum atomic E-state index is -0.658. The number of ether oxygens (including phenoxy) is 1. The molecule has 0 fully saturated rings. The Morgan fingerprint density at radius 1 is 1.16 bits per heavy atom. The maximum Gasteiger partial charge on any atom is 0.311 e. The predicted octanol–water partition coefficient (Wildman–Crippen LogP) is 4.42. The Hall–Kier alpha value is -3.29. The minimum Gasteiger partial charge on any atom is -0.480 e. The molecule has 0 unspecified atom stereocenters. The molecule has 0 saturated heterocycles. The Morgan fingerprint density at radius 2 is 1.84 bits per heavy atom. The number of nitro groups is 1. The van der Waals surface area contributed by atoms with E-state index in [-0.39, 0.29) is 23.9 Å². The molecule has 0 N–H and O–H groups in total. The van der Waals surface area contributed by atoms with E-state index in [0.717, 1.165) is 18.2 Å². The third kappa shape index (κ3) is 3.47. The number of rotatable bonds is 5. The van der Waals surface area contributed by atoms with Gasteiger partial charge in [0.15, 0.2) is 11.5 Å². The predicted molar refractivity (Wildman–Crippen MR) is 84.0 cm³/mol. The first-order valence-corrected chi connectivity index (χ1v) is 7.23. The molecule has 0 atom stereocenters. The van der Waals surface area contributed by atoms with Gasteiger partial charge in [0.2, 0.25) is 0 Å². The molecular weight excluding hydrogens is 334 g/mol. The topological polar surface area (TPSA) is 78.4 Å². The molecule has 3 rings (SSSR count). The average molecular weight is 346 g/mol. The Bertz CT molecular complexity index is 923. The molecule has 8 heteroatoms. The molecular formula is C17H12F2N2O4. The molecule has 2 aromatic carbocycles. The Labute approximate surface area is 140 Å². The van der Waals surface area contributed by atoms with E-state index in [1.807, 2.05) is 0 Å². The van der Waals surface area contributed by atoms with Crippen LogP contribution >= 0.6 is 0 Å². The van der Waals surface area contributed by atoms with E-state index in [4.69, 9.17) is 9.26 Å². The normalized spacial score (nSPS) is 10.7. The lowest BCUT2D eigenvalue weighted by Gasteiger charge is -2.05. The second-order valence-electron chi connectivity index (χ2n) is 5.25. The van der Waals surface area contributed by atoms with Crippen LogP contribution in [0.15, 0.2) is 47.0 Å². The summed E-state index contributed by atoms with van der Waals surface area (Å²) in [5, 5.41) is 14.8. The van der Waals surface area contributed by atoms with Crippen molar-refractivity contribution in [3.8, 4) is 17.1 Å². The van der Waals surface area contributed by atoms with E-state index >= 15 is 0 Å². The first-order valence-electron chi connectivity index (χ1n) is 7.23. The molecule has 25 heavy (non-hydrogen) atoms. The van der Waals surface area contributed by atoms with Gasteiger partial charge in [-0.25, -0.2) is 8.78 Å². The van der Waals surface area contributed by atoms with Crippen LogP contribution in [0.1, 0.15) is 11.3 Å². The number of nitrogens with zero attached hydrogens (tertiary/aromatic N) is 2. The fourth-order valence-electron chi connectivity index (χ4n) is 2.27. The van der Waals surface area contributed by atoms with E-state index in [2.05, 4.69) is 5.16 Å². The second-order valence-corrected chi connectivity index (χ2v) is 5.25. The van der Waals surface area contributed by atoms with Crippen LogP contribution < -0.4 is 4.74 Å². The number of aromatic nitrogens is 1. The largest absolute Gasteiger partial charge is 0.480 e. The van der Waals surface area contributed by atoms with E-state index in [1.165, 1.54) is 12.1 Å². The summed E-state index contributed by atoms with van der Waals surface area (Å²) in [5.74, 6) is -0.782. The molecule has 0 aliphatic rings. The van der Waals surface area contributed by atoms with Crippen molar-refractivity contribution in [2.75, 3.05) is 0 Å². The van der Waals surface area contributed by atoms with Crippen molar-refractivity contribution < 1.29 is 23.0 Å². The highest BCUT2D eigenvalue weighted by Crippen LogP contribution is 2.30. The zero-order chi connectivity index (χ0) is 18.0. The van der Waals surface area contributed by atoms with Gasteiger partial charge in [-0.2, -0.15) is 0 Å². The maximum atomic E-state index is 13.3. The smallest absolute Gasteiger partial charge is 0.311 e. The summed E-state index contributed by atoms with van der Waals surface area (Å²) in [6.45, 7) is 1.59. The van der Waals surface area contributed by atoms with Crippen LogP contribution in [0.25, 0.3) is 11.3 Å². The summed E-state index contributed by atoms with van der Waals surface area (Å²) in [6, 6.07) is 8.64. The summed E-state index contributed by atoms with van der Waals surface area (Å²) in [5.41, 5.74) is 1.33. The van der Waals surface area contributed by atoms with Crippen LogP contribution in [0.3, 0.4) is 0 Å². The zero-order valence-electron chi connectivity index (χ0n) is 13.0. The van der Waals surface area contributed by atoms with Gasteiger partial charge in [0.25, 0.3) is 0 Å². The zero-order valence-corrected chi connectivity index (χ0v) is 13.0. The van der Waals surface area contributed by atoms with E-state index in [9.17, 15) is 18.9 Å². The summed E-state index contributed by atoms with van der Waals surface area (Å²) >= 11 is 0. The van der Waals surface area contributed by atoms with Crippen LogP contribution in [0.4, 0.5) is 14.5 Å². The standard InChI is InChI=1S/C17H12F2N2O4/c1-10-14(20-25-17(10)11-2-4-12(18)5-3-11)9-24-16-8-13(19)6-7-15(16)21(22)23/h2-8H,9H2,1H3. The fourth-order valence-corrected chi connectivity index (χ4v) is 2.27. The van der Waals surface area contributed by atoms with Crippen LogP contribution in [-0.2, 0) is 6.61 Å². The molecule has 1 aromatic heterocycles. The van der Waals surface area contributed by atoms with Crippen molar-refractivity contribution in [1.82, 2.24) is 5.16 Å². The molecule has 3 aromatic rings. The molecule has 0 radical (unpaired) electrons. The fraction of sp³-hybridized carbons (Fsp3) is 0.118. The number of hydrogen-bond acceptors (Lipinski definition) is 5. The summed E-state index contributed by atoms with van der Waals surface area (Å²) < 4.78 is 36.9. The SMILES string of the molecule is Cc1c(COc2cc(F)ccc2[N+](=O)[O-])noc1-c1ccc(F)cc1. The van der Waals surface area contributed by atoms with Crippen molar-refractivity contribution in [3.05, 3.63) is 75.5 Å². The molecule has 0 saturated carbocycles. The van der Waals surface area contributed by atoms with Gasteiger partial charge in [-0.05, 0) is 37.3 Å². The van der Waals surface area contributed by atoms with Crippen LogP contribution in [-0.4, -0.2) is 10.1 Å². The van der Waals surface area contributed by atoms with Crippen molar-refractivity contribution in [3.63, 3.8) is 0 Å². The highest BCUT2D eigenvalue weighted by atomic mass is 19.1. The maximum absolute atomic E-state index is 13.3. The van der Waals surface area contributed by atoms with E-state index in [1.54, 1.807) is 19.1 Å². The lowest BCUT2D eigenvalue weighted by atomic mass is 10.1. The monoisotopic (exact) mass is 346 g/mol. The molecule has 1 heterocycles. The first kappa shape index (κ1) is 16.6. The molecule has 128 valence electrons. The highest BCUT2D eigenvalue weighted by Gasteiger charge is 2.19. The van der Waals surface area contributed by atoms with Gasteiger partial charge in [0.1, 0.15) is 23.9 Å². The molecule has 0 amide bonds. The van der Waals surface area contributed by atoms with Gasteiger partial charge < -0.3 is 9.26 Å². The number of benzene rings is 2. The summed E-state index contributed by atoms with van der Waals surface area (Å²) in [4.78, 5) is 10.3. The van der Waals surface area contributed by atoms with Gasteiger partial charge in [0.05, 0.1) is 4.92 Å². The molecule has 6 nitrogen and oxygen atoms in total. The number of nitro benzene ring substituents is 1. The number of halogens is 2.